The van der Waals surface area contributed by atoms with Crippen LogP contribution in [-0.2, 0) is 6.54 Å². The van der Waals surface area contributed by atoms with Crippen molar-refractivity contribution >= 4 is 16.7 Å². The van der Waals surface area contributed by atoms with Crippen LogP contribution in [-0.4, -0.2) is 5.91 Å². The van der Waals surface area contributed by atoms with E-state index in [4.69, 9.17) is 0 Å². The number of carbonyl (C=O) groups is 1. The normalized spacial score (nSPS) is 10.9. The van der Waals surface area contributed by atoms with E-state index >= 15 is 0 Å². The third-order valence-corrected chi connectivity index (χ3v) is 4.35. The second-order valence-electron chi connectivity index (χ2n) is 6.04. The standard InChI is InChI=1S/C22H16FNO/c23-19-10-6-15(7-11-19)14-24-22(25)18-9-8-17-12-16-4-2-1-3-5-20(16)21(17)13-18/h1-13H,14H2,(H,24,25). The quantitative estimate of drug-likeness (QED) is 0.562. The Kier molecular flexibility index (Phi) is 3.90. The van der Waals surface area contributed by atoms with Gasteiger partial charge in [-0.2, -0.15) is 0 Å². The minimum Gasteiger partial charge on any atom is -0.348 e. The molecular formula is C22H16FNO. The monoisotopic (exact) mass is 329 g/mol. The maximum absolute atomic E-state index is 12.9. The molecule has 0 radical (unpaired) electrons. The minimum atomic E-state index is -0.281. The van der Waals surface area contributed by atoms with E-state index in [0.29, 0.717) is 12.1 Å². The fourth-order valence-corrected chi connectivity index (χ4v) is 3.04. The SMILES string of the molecule is O=C(NCc1ccc(F)cc1)c1ccc2cc3cccccc-3c2c1. The van der Waals surface area contributed by atoms with Crippen LogP contribution in [0, 0.1) is 5.82 Å². The molecular weight excluding hydrogens is 313 g/mol. The highest BCUT2D eigenvalue weighted by Gasteiger charge is 2.12. The summed E-state index contributed by atoms with van der Waals surface area (Å²) in [5.74, 6) is -0.419. The second-order valence-corrected chi connectivity index (χ2v) is 6.04. The summed E-state index contributed by atoms with van der Waals surface area (Å²) < 4.78 is 12.9. The highest BCUT2D eigenvalue weighted by molar-refractivity contribution is 6.06. The molecule has 0 saturated heterocycles. The lowest BCUT2D eigenvalue weighted by Crippen LogP contribution is -2.22. The van der Waals surface area contributed by atoms with Crippen molar-refractivity contribution < 1.29 is 9.18 Å². The van der Waals surface area contributed by atoms with Crippen LogP contribution in [0.3, 0.4) is 0 Å². The zero-order valence-corrected chi connectivity index (χ0v) is 13.5. The van der Waals surface area contributed by atoms with Crippen LogP contribution in [0.15, 0.2) is 78.9 Å². The molecule has 2 aliphatic carbocycles. The van der Waals surface area contributed by atoms with Crippen LogP contribution in [0.25, 0.3) is 21.9 Å². The smallest absolute Gasteiger partial charge is 0.251 e. The largest absolute Gasteiger partial charge is 0.348 e. The average Bonchev–Trinajstić information content (AvgIpc) is 2.81. The van der Waals surface area contributed by atoms with Crippen molar-refractivity contribution in [1.82, 2.24) is 5.32 Å². The summed E-state index contributed by atoms with van der Waals surface area (Å²) in [5, 5.41) is 5.08. The molecule has 0 unspecified atom stereocenters. The molecule has 2 aliphatic rings. The first kappa shape index (κ1) is 15.3. The molecule has 4 rings (SSSR count). The first-order chi connectivity index (χ1) is 12.2. The number of rotatable bonds is 3. The molecule has 0 aliphatic heterocycles. The van der Waals surface area contributed by atoms with Crippen LogP contribution in [0.2, 0.25) is 0 Å². The minimum absolute atomic E-state index is 0.138. The van der Waals surface area contributed by atoms with Gasteiger partial charge in [0.2, 0.25) is 0 Å². The lowest BCUT2D eigenvalue weighted by Gasteiger charge is -2.06. The summed E-state index contributed by atoms with van der Waals surface area (Å²) >= 11 is 0. The second kappa shape index (κ2) is 6.36. The van der Waals surface area contributed by atoms with Crippen LogP contribution < -0.4 is 5.32 Å². The molecule has 0 bridgehead atoms. The molecule has 2 nitrogen and oxygen atoms in total. The molecule has 0 aromatic heterocycles. The van der Waals surface area contributed by atoms with Crippen molar-refractivity contribution in [3.05, 3.63) is 95.8 Å². The molecule has 0 fully saturated rings. The van der Waals surface area contributed by atoms with E-state index in [1.165, 1.54) is 12.1 Å². The molecule has 1 N–H and O–H groups in total. The summed E-state index contributed by atoms with van der Waals surface area (Å²) in [6, 6.07) is 24.1. The van der Waals surface area contributed by atoms with Gasteiger partial charge in [0.25, 0.3) is 5.91 Å². The van der Waals surface area contributed by atoms with Gasteiger partial charge in [-0.25, -0.2) is 4.39 Å². The lowest BCUT2D eigenvalue weighted by molar-refractivity contribution is 0.0951. The van der Waals surface area contributed by atoms with Crippen LogP contribution in [0.1, 0.15) is 15.9 Å². The highest BCUT2D eigenvalue weighted by atomic mass is 19.1. The first-order valence-electron chi connectivity index (χ1n) is 8.15. The number of amides is 1. The zero-order chi connectivity index (χ0) is 17.2. The van der Waals surface area contributed by atoms with Crippen molar-refractivity contribution in [1.29, 1.82) is 0 Å². The molecule has 0 heterocycles. The topological polar surface area (TPSA) is 29.1 Å². The van der Waals surface area contributed by atoms with E-state index in [1.807, 2.05) is 36.4 Å². The van der Waals surface area contributed by atoms with E-state index in [9.17, 15) is 9.18 Å². The predicted molar refractivity (Wildman–Crippen MR) is 98.1 cm³/mol. The third kappa shape index (κ3) is 3.09. The molecule has 2 aromatic rings. The van der Waals surface area contributed by atoms with Gasteiger partial charge in [0.05, 0.1) is 0 Å². The molecule has 25 heavy (non-hydrogen) atoms. The van der Waals surface area contributed by atoms with Crippen LogP contribution in [0.5, 0.6) is 0 Å². The highest BCUT2D eigenvalue weighted by Crippen LogP contribution is 2.33. The number of fused-ring (bicyclic) bond motifs is 3. The molecule has 0 spiro atoms. The van der Waals surface area contributed by atoms with Crippen molar-refractivity contribution in [3.8, 4) is 11.1 Å². The van der Waals surface area contributed by atoms with E-state index in [0.717, 1.165) is 27.5 Å². The molecule has 0 atom stereocenters. The van der Waals surface area contributed by atoms with Gasteiger partial charge in [0.1, 0.15) is 5.82 Å². The fourth-order valence-electron chi connectivity index (χ4n) is 3.04. The Morgan fingerprint density at radius 2 is 1.68 bits per heavy atom. The molecule has 0 saturated carbocycles. The van der Waals surface area contributed by atoms with Gasteiger partial charge in [0, 0.05) is 12.1 Å². The number of hydrogen-bond acceptors (Lipinski definition) is 1. The van der Waals surface area contributed by atoms with Crippen LogP contribution in [0.4, 0.5) is 4.39 Å². The Morgan fingerprint density at radius 3 is 2.52 bits per heavy atom. The van der Waals surface area contributed by atoms with Gasteiger partial charge in [-0.05, 0) is 57.8 Å². The number of nitrogens with one attached hydrogen (secondary N) is 1. The average molecular weight is 329 g/mol. The van der Waals surface area contributed by atoms with Crippen molar-refractivity contribution in [2.45, 2.75) is 6.54 Å². The van der Waals surface area contributed by atoms with Gasteiger partial charge >= 0.3 is 0 Å². The Bertz CT molecular complexity index is 1020. The Balaban J connectivity index is 1.60. The van der Waals surface area contributed by atoms with Crippen LogP contribution >= 0.6 is 0 Å². The predicted octanol–water partition coefficient (Wildman–Crippen LogP) is 5.01. The molecule has 2 aromatic carbocycles. The summed E-state index contributed by atoms with van der Waals surface area (Å²) in [4.78, 5) is 12.5. The third-order valence-electron chi connectivity index (χ3n) is 4.35. The van der Waals surface area contributed by atoms with Gasteiger partial charge in [-0.15, -0.1) is 0 Å². The van der Waals surface area contributed by atoms with Gasteiger partial charge in [0.15, 0.2) is 0 Å². The molecule has 1 amide bonds. The zero-order valence-electron chi connectivity index (χ0n) is 13.5. The van der Waals surface area contributed by atoms with Gasteiger partial charge in [-0.3, -0.25) is 4.79 Å². The Morgan fingerprint density at radius 1 is 0.880 bits per heavy atom. The number of hydrogen-bond donors (Lipinski definition) is 1. The fraction of sp³-hybridized carbons (Fsp3) is 0.0455. The summed E-state index contributed by atoms with van der Waals surface area (Å²) in [6.07, 6.45) is 0. The Hall–Kier alpha value is -3.20. The lowest BCUT2D eigenvalue weighted by atomic mass is 10.1. The van der Waals surface area contributed by atoms with Crippen molar-refractivity contribution in [3.63, 3.8) is 0 Å². The van der Waals surface area contributed by atoms with Crippen molar-refractivity contribution in [2.24, 2.45) is 0 Å². The Labute approximate surface area is 145 Å². The maximum atomic E-state index is 12.9. The van der Waals surface area contributed by atoms with Gasteiger partial charge < -0.3 is 5.32 Å². The first-order valence-corrected chi connectivity index (χ1v) is 8.15. The van der Waals surface area contributed by atoms with E-state index in [-0.39, 0.29) is 11.7 Å². The van der Waals surface area contributed by atoms with Crippen molar-refractivity contribution in [2.75, 3.05) is 0 Å². The summed E-state index contributed by atoms with van der Waals surface area (Å²) in [7, 11) is 0. The number of halogens is 1. The molecule has 122 valence electrons. The van der Waals surface area contributed by atoms with E-state index < -0.39 is 0 Å². The summed E-state index contributed by atoms with van der Waals surface area (Å²) in [6.45, 7) is 0.369. The van der Waals surface area contributed by atoms with E-state index in [2.05, 4.69) is 23.5 Å². The van der Waals surface area contributed by atoms with Gasteiger partial charge in [-0.1, -0.05) is 48.5 Å². The van der Waals surface area contributed by atoms with E-state index in [1.54, 1.807) is 12.1 Å². The number of carbonyl (C=O) groups excluding carboxylic acids is 1. The molecule has 3 heteroatoms. The summed E-state index contributed by atoms with van der Waals surface area (Å²) in [5.41, 5.74) is 3.77. The number of benzene rings is 2. The maximum Gasteiger partial charge on any atom is 0.251 e.